The third-order valence-electron chi connectivity index (χ3n) is 3.79. The lowest BCUT2D eigenvalue weighted by Crippen LogP contribution is -2.44. The van der Waals surface area contributed by atoms with Gasteiger partial charge in [0.25, 0.3) is 0 Å². The highest BCUT2D eigenvalue weighted by Gasteiger charge is 2.20. The van der Waals surface area contributed by atoms with E-state index in [2.05, 4.69) is 11.8 Å². The van der Waals surface area contributed by atoms with Gasteiger partial charge in [0.05, 0.1) is 13.2 Å². The van der Waals surface area contributed by atoms with E-state index in [0.29, 0.717) is 6.61 Å². The van der Waals surface area contributed by atoms with Gasteiger partial charge in [-0.25, -0.2) is 0 Å². The molecule has 1 saturated heterocycles. The first kappa shape index (κ1) is 15.3. The fourth-order valence-corrected chi connectivity index (χ4v) is 2.70. The predicted molar refractivity (Wildman–Crippen MR) is 79.2 cm³/mol. The number of benzene rings is 1. The van der Waals surface area contributed by atoms with Crippen molar-refractivity contribution in [3.63, 3.8) is 0 Å². The van der Waals surface area contributed by atoms with Crippen LogP contribution in [-0.4, -0.2) is 49.0 Å². The van der Waals surface area contributed by atoms with Crippen LogP contribution in [0.15, 0.2) is 12.1 Å². The van der Waals surface area contributed by atoms with Crippen LogP contribution < -0.4 is 4.74 Å². The summed E-state index contributed by atoms with van der Waals surface area (Å²) in [6.07, 6.45) is 0.139. The first-order chi connectivity index (χ1) is 9.63. The van der Waals surface area contributed by atoms with Crippen LogP contribution >= 0.6 is 0 Å². The number of hydrogen-bond acceptors (Lipinski definition) is 4. The summed E-state index contributed by atoms with van der Waals surface area (Å²) in [5, 5.41) is 9.20. The molecule has 1 aromatic carbocycles. The molecule has 0 aliphatic carbocycles. The highest BCUT2D eigenvalue weighted by Crippen LogP contribution is 2.25. The van der Waals surface area contributed by atoms with E-state index in [1.165, 1.54) is 0 Å². The van der Waals surface area contributed by atoms with E-state index in [9.17, 15) is 5.11 Å². The number of aryl methyl sites for hydroxylation is 2. The van der Waals surface area contributed by atoms with E-state index < -0.39 is 0 Å². The standard InChI is InChI=1S/C16H25NO3/c1-4-17-5-6-19-15(9-17)11-20-16-12(2)7-14(10-18)8-13(16)3/h7-8,15,18H,4-6,9-11H2,1-3H3. The number of aliphatic hydroxyl groups is 1. The summed E-state index contributed by atoms with van der Waals surface area (Å²) in [5.41, 5.74) is 3.06. The molecule has 1 N–H and O–H groups in total. The van der Waals surface area contributed by atoms with Crippen LogP contribution in [0.2, 0.25) is 0 Å². The van der Waals surface area contributed by atoms with Gasteiger partial charge >= 0.3 is 0 Å². The molecule has 4 heteroatoms. The molecular formula is C16H25NO3. The second-order valence-electron chi connectivity index (χ2n) is 5.41. The summed E-state index contributed by atoms with van der Waals surface area (Å²) in [6, 6.07) is 3.95. The largest absolute Gasteiger partial charge is 0.490 e. The Labute approximate surface area is 121 Å². The second kappa shape index (κ2) is 7.07. The minimum Gasteiger partial charge on any atom is -0.490 e. The lowest BCUT2D eigenvalue weighted by atomic mass is 10.1. The molecule has 1 heterocycles. The molecule has 20 heavy (non-hydrogen) atoms. The molecule has 0 amide bonds. The Morgan fingerprint density at radius 2 is 2.05 bits per heavy atom. The Hall–Kier alpha value is -1.10. The molecule has 0 saturated carbocycles. The van der Waals surface area contributed by atoms with Gasteiger partial charge in [-0.15, -0.1) is 0 Å². The quantitative estimate of drug-likeness (QED) is 0.894. The van der Waals surface area contributed by atoms with E-state index in [-0.39, 0.29) is 12.7 Å². The summed E-state index contributed by atoms with van der Waals surface area (Å²) < 4.78 is 11.7. The van der Waals surface area contributed by atoms with Crippen LogP contribution in [-0.2, 0) is 11.3 Å². The highest BCUT2D eigenvalue weighted by molar-refractivity contribution is 5.43. The fourth-order valence-electron chi connectivity index (χ4n) is 2.70. The Bertz CT molecular complexity index is 424. The van der Waals surface area contributed by atoms with Crippen LogP contribution in [0, 0.1) is 13.8 Å². The zero-order valence-corrected chi connectivity index (χ0v) is 12.7. The SMILES string of the molecule is CCN1CCOC(COc2c(C)cc(CO)cc2C)C1. The number of nitrogens with zero attached hydrogens (tertiary/aromatic N) is 1. The van der Waals surface area contributed by atoms with Crippen molar-refractivity contribution in [1.29, 1.82) is 0 Å². The molecule has 1 atom stereocenters. The van der Waals surface area contributed by atoms with Crippen molar-refractivity contribution < 1.29 is 14.6 Å². The normalized spacial score (nSPS) is 20.1. The number of aliphatic hydroxyl groups excluding tert-OH is 1. The van der Waals surface area contributed by atoms with E-state index in [4.69, 9.17) is 9.47 Å². The first-order valence-electron chi connectivity index (χ1n) is 7.31. The third-order valence-corrected chi connectivity index (χ3v) is 3.79. The molecule has 4 nitrogen and oxygen atoms in total. The second-order valence-corrected chi connectivity index (χ2v) is 5.41. The van der Waals surface area contributed by atoms with Crippen molar-refractivity contribution in [2.75, 3.05) is 32.8 Å². The van der Waals surface area contributed by atoms with Gasteiger partial charge in [-0.1, -0.05) is 19.1 Å². The van der Waals surface area contributed by atoms with Gasteiger partial charge in [0.15, 0.2) is 0 Å². The van der Waals surface area contributed by atoms with E-state index in [1.54, 1.807) is 0 Å². The number of ether oxygens (including phenoxy) is 2. The van der Waals surface area contributed by atoms with Gasteiger partial charge < -0.3 is 14.6 Å². The zero-order valence-electron chi connectivity index (χ0n) is 12.7. The Kier molecular flexibility index (Phi) is 5.40. The Morgan fingerprint density at radius 3 is 2.65 bits per heavy atom. The summed E-state index contributed by atoms with van der Waals surface area (Å²) in [5.74, 6) is 0.916. The molecular weight excluding hydrogens is 254 g/mol. The number of hydrogen-bond donors (Lipinski definition) is 1. The van der Waals surface area contributed by atoms with Gasteiger partial charge in [-0.3, -0.25) is 4.90 Å². The molecule has 1 aliphatic rings. The van der Waals surface area contributed by atoms with Gasteiger partial charge in [0.1, 0.15) is 18.5 Å². The molecule has 0 aromatic heterocycles. The zero-order chi connectivity index (χ0) is 14.5. The van der Waals surface area contributed by atoms with Crippen molar-refractivity contribution in [2.24, 2.45) is 0 Å². The van der Waals surface area contributed by atoms with Gasteiger partial charge in [0, 0.05) is 13.1 Å². The van der Waals surface area contributed by atoms with Crippen molar-refractivity contribution >= 4 is 0 Å². The molecule has 1 unspecified atom stereocenters. The topological polar surface area (TPSA) is 41.9 Å². The smallest absolute Gasteiger partial charge is 0.125 e. The van der Waals surface area contributed by atoms with E-state index in [0.717, 1.165) is 48.7 Å². The van der Waals surface area contributed by atoms with E-state index >= 15 is 0 Å². The summed E-state index contributed by atoms with van der Waals surface area (Å²) >= 11 is 0. The third kappa shape index (κ3) is 3.72. The van der Waals surface area contributed by atoms with Crippen LogP contribution in [0.3, 0.4) is 0 Å². The first-order valence-corrected chi connectivity index (χ1v) is 7.31. The van der Waals surface area contributed by atoms with Crippen molar-refractivity contribution in [3.8, 4) is 5.75 Å². The molecule has 112 valence electrons. The molecule has 2 rings (SSSR count). The molecule has 0 bridgehead atoms. The Morgan fingerprint density at radius 1 is 1.35 bits per heavy atom. The molecule has 1 fully saturated rings. The van der Waals surface area contributed by atoms with Gasteiger partial charge in [0.2, 0.25) is 0 Å². The van der Waals surface area contributed by atoms with Crippen molar-refractivity contribution in [2.45, 2.75) is 33.5 Å². The summed E-state index contributed by atoms with van der Waals surface area (Å²) in [4.78, 5) is 2.38. The maximum Gasteiger partial charge on any atom is 0.125 e. The average molecular weight is 279 g/mol. The maximum absolute atomic E-state index is 9.20. The van der Waals surface area contributed by atoms with Crippen molar-refractivity contribution in [1.82, 2.24) is 4.90 Å². The number of rotatable bonds is 5. The molecule has 1 aliphatic heterocycles. The summed E-state index contributed by atoms with van der Waals surface area (Å²) in [6.45, 7) is 10.6. The monoisotopic (exact) mass is 279 g/mol. The van der Waals surface area contributed by atoms with E-state index in [1.807, 2.05) is 26.0 Å². The molecule has 0 spiro atoms. The lowest BCUT2D eigenvalue weighted by molar-refractivity contribution is -0.0465. The minimum atomic E-state index is 0.0686. The lowest BCUT2D eigenvalue weighted by Gasteiger charge is -2.32. The fraction of sp³-hybridized carbons (Fsp3) is 0.625. The summed E-state index contributed by atoms with van der Waals surface area (Å²) in [7, 11) is 0. The molecule has 1 aromatic rings. The van der Waals surface area contributed by atoms with Crippen LogP contribution in [0.4, 0.5) is 0 Å². The van der Waals surface area contributed by atoms with Gasteiger partial charge in [-0.2, -0.15) is 0 Å². The highest BCUT2D eigenvalue weighted by atomic mass is 16.5. The van der Waals surface area contributed by atoms with Crippen LogP contribution in [0.25, 0.3) is 0 Å². The van der Waals surface area contributed by atoms with Crippen molar-refractivity contribution in [3.05, 3.63) is 28.8 Å². The maximum atomic E-state index is 9.20. The van der Waals surface area contributed by atoms with Crippen LogP contribution in [0.1, 0.15) is 23.6 Å². The predicted octanol–water partition coefficient (Wildman–Crippen LogP) is 1.90. The number of morpholine rings is 1. The average Bonchev–Trinajstić information content (AvgIpc) is 2.46. The minimum absolute atomic E-state index is 0.0686. The Balaban J connectivity index is 1.97. The number of likely N-dealkylation sites (N-methyl/N-ethyl adjacent to an activating group) is 1. The van der Waals surface area contributed by atoms with Crippen LogP contribution in [0.5, 0.6) is 5.75 Å². The molecule has 0 radical (unpaired) electrons. The van der Waals surface area contributed by atoms with Gasteiger partial charge in [-0.05, 0) is 37.1 Å².